The molecule has 0 aromatic carbocycles. The Morgan fingerprint density at radius 2 is 2.00 bits per heavy atom. The Balaban J connectivity index is 2.25. The summed E-state index contributed by atoms with van der Waals surface area (Å²) < 4.78 is 0. The van der Waals surface area contributed by atoms with E-state index >= 15 is 0 Å². The summed E-state index contributed by atoms with van der Waals surface area (Å²) in [6, 6.07) is 0. The standard InChI is InChI=1S/C10H16O2/c11-6-9-7-2-1-3-8(5-4-7)10(9)12/h6-8,10-12H,1-5H2/b9-6+. The summed E-state index contributed by atoms with van der Waals surface area (Å²) in [5.41, 5.74) is 0.892. The molecule has 12 heavy (non-hydrogen) atoms. The second kappa shape index (κ2) is 3.09. The van der Waals surface area contributed by atoms with Gasteiger partial charge in [0.2, 0.25) is 0 Å². The molecule has 3 rings (SSSR count). The Hall–Kier alpha value is -0.500. The largest absolute Gasteiger partial charge is 0.516 e. The van der Waals surface area contributed by atoms with E-state index in [4.69, 9.17) is 5.11 Å². The molecule has 3 aliphatic rings. The van der Waals surface area contributed by atoms with E-state index in [9.17, 15) is 5.11 Å². The van der Waals surface area contributed by atoms with Gasteiger partial charge in [0, 0.05) is 0 Å². The number of fused-ring (bicyclic) bond motifs is 4. The Labute approximate surface area is 72.9 Å². The number of hydrogen-bond acceptors (Lipinski definition) is 2. The molecule has 0 saturated heterocycles. The van der Waals surface area contributed by atoms with E-state index < -0.39 is 0 Å². The molecule has 2 N–H and O–H groups in total. The second-order valence-electron chi connectivity index (χ2n) is 4.04. The first-order valence-electron chi connectivity index (χ1n) is 4.85. The van der Waals surface area contributed by atoms with E-state index in [2.05, 4.69) is 0 Å². The smallest absolute Gasteiger partial charge is 0.0813 e. The molecule has 0 heterocycles. The summed E-state index contributed by atoms with van der Waals surface area (Å²) in [7, 11) is 0. The lowest BCUT2D eigenvalue weighted by molar-refractivity contribution is 0.103. The Kier molecular flexibility index (Phi) is 2.09. The zero-order valence-electron chi connectivity index (χ0n) is 7.24. The lowest BCUT2D eigenvalue weighted by Crippen LogP contribution is -2.29. The topological polar surface area (TPSA) is 40.5 Å². The minimum absolute atomic E-state index is 0.351. The van der Waals surface area contributed by atoms with Crippen LogP contribution in [-0.4, -0.2) is 16.3 Å². The van der Waals surface area contributed by atoms with Gasteiger partial charge in [0.1, 0.15) is 0 Å². The molecule has 0 aliphatic heterocycles. The second-order valence-corrected chi connectivity index (χ2v) is 4.04. The number of hydrogen-bond donors (Lipinski definition) is 2. The predicted molar refractivity (Wildman–Crippen MR) is 46.8 cm³/mol. The van der Waals surface area contributed by atoms with Gasteiger partial charge in [-0.3, -0.25) is 0 Å². The SMILES string of the molecule is O/C=C1\C2CCCC(CC2)C1O. The molecule has 0 aromatic heterocycles. The van der Waals surface area contributed by atoms with E-state index in [0.29, 0.717) is 11.8 Å². The van der Waals surface area contributed by atoms with Crippen LogP contribution in [0.4, 0.5) is 0 Å². The average Bonchev–Trinajstić information content (AvgIpc) is 2.37. The fraction of sp³-hybridized carbons (Fsp3) is 0.800. The van der Waals surface area contributed by atoms with Crippen LogP contribution in [0.2, 0.25) is 0 Å². The molecule has 3 aliphatic carbocycles. The summed E-state index contributed by atoms with van der Waals surface area (Å²) >= 11 is 0. The fourth-order valence-electron chi connectivity index (χ4n) is 2.67. The zero-order chi connectivity index (χ0) is 8.55. The minimum Gasteiger partial charge on any atom is -0.516 e. The van der Waals surface area contributed by atoms with E-state index in [-0.39, 0.29) is 6.10 Å². The Morgan fingerprint density at radius 3 is 2.75 bits per heavy atom. The molecule has 0 radical (unpaired) electrons. The van der Waals surface area contributed by atoms with Crippen LogP contribution in [0.1, 0.15) is 32.1 Å². The molecule has 2 heteroatoms. The maximum absolute atomic E-state index is 9.81. The van der Waals surface area contributed by atoms with Crippen molar-refractivity contribution < 1.29 is 10.2 Å². The van der Waals surface area contributed by atoms with Gasteiger partial charge in [0.15, 0.2) is 0 Å². The van der Waals surface area contributed by atoms with Crippen LogP contribution in [0.25, 0.3) is 0 Å². The van der Waals surface area contributed by atoms with Gasteiger partial charge in [-0.1, -0.05) is 6.42 Å². The van der Waals surface area contributed by atoms with Gasteiger partial charge >= 0.3 is 0 Å². The highest BCUT2D eigenvalue weighted by molar-refractivity contribution is 5.15. The first kappa shape index (κ1) is 8.11. The van der Waals surface area contributed by atoms with Crippen LogP contribution in [-0.2, 0) is 0 Å². The van der Waals surface area contributed by atoms with Crippen LogP contribution < -0.4 is 0 Å². The molecule has 0 aromatic rings. The normalized spacial score (nSPS) is 44.8. The van der Waals surface area contributed by atoms with Crippen molar-refractivity contribution in [1.29, 1.82) is 0 Å². The van der Waals surface area contributed by atoms with Gasteiger partial charge < -0.3 is 10.2 Å². The average molecular weight is 168 g/mol. The van der Waals surface area contributed by atoms with Gasteiger partial charge in [-0.15, -0.1) is 0 Å². The lowest BCUT2D eigenvalue weighted by Gasteiger charge is -2.31. The minimum atomic E-state index is -0.351. The maximum atomic E-state index is 9.81. The molecule has 2 nitrogen and oxygen atoms in total. The Morgan fingerprint density at radius 1 is 1.17 bits per heavy atom. The van der Waals surface area contributed by atoms with Gasteiger partial charge in [-0.25, -0.2) is 0 Å². The van der Waals surface area contributed by atoms with Crippen LogP contribution in [0.15, 0.2) is 11.8 Å². The molecule has 3 saturated carbocycles. The molecular formula is C10H16O2. The Bertz CT molecular complexity index is 190. The first-order chi connectivity index (χ1) is 5.83. The number of rotatable bonds is 0. The van der Waals surface area contributed by atoms with Crippen LogP contribution in [0, 0.1) is 11.8 Å². The summed E-state index contributed by atoms with van der Waals surface area (Å²) in [6.07, 6.45) is 6.60. The summed E-state index contributed by atoms with van der Waals surface area (Å²) in [5.74, 6) is 0.880. The van der Waals surface area contributed by atoms with Crippen molar-refractivity contribution in [2.45, 2.75) is 38.2 Å². The number of aliphatic hydroxyl groups is 2. The van der Waals surface area contributed by atoms with Crippen molar-refractivity contribution in [2.75, 3.05) is 0 Å². The van der Waals surface area contributed by atoms with Crippen molar-refractivity contribution in [3.05, 3.63) is 11.8 Å². The maximum Gasteiger partial charge on any atom is 0.0813 e. The predicted octanol–water partition coefficient (Wildman–Crippen LogP) is 2.00. The van der Waals surface area contributed by atoms with Crippen molar-refractivity contribution in [2.24, 2.45) is 11.8 Å². The summed E-state index contributed by atoms with van der Waals surface area (Å²) in [5, 5.41) is 18.8. The third kappa shape index (κ3) is 1.14. The van der Waals surface area contributed by atoms with Gasteiger partial charge in [-0.2, -0.15) is 0 Å². The van der Waals surface area contributed by atoms with Gasteiger partial charge in [0.05, 0.1) is 12.4 Å². The third-order valence-corrected chi connectivity index (χ3v) is 3.42. The highest BCUT2D eigenvalue weighted by atomic mass is 16.3. The molecular weight excluding hydrogens is 152 g/mol. The molecule has 0 amide bonds. The van der Waals surface area contributed by atoms with Crippen molar-refractivity contribution in [3.63, 3.8) is 0 Å². The van der Waals surface area contributed by atoms with Gasteiger partial charge in [-0.05, 0) is 43.1 Å². The monoisotopic (exact) mass is 168 g/mol. The molecule has 0 spiro atoms. The molecule has 3 unspecified atom stereocenters. The van der Waals surface area contributed by atoms with Crippen molar-refractivity contribution in [1.82, 2.24) is 0 Å². The van der Waals surface area contributed by atoms with E-state index in [1.54, 1.807) is 0 Å². The van der Waals surface area contributed by atoms with Crippen LogP contribution in [0.5, 0.6) is 0 Å². The fourth-order valence-corrected chi connectivity index (χ4v) is 2.67. The van der Waals surface area contributed by atoms with Crippen LogP contribution >= 0.6 is 0 Å². The molecule has 3 fully saturated rings. The first-order valence-corrected chi connectivity index (χ1v) is 4.85. The highest BCUT2D eigenvalue weighted by Crippen LogP contribution is 2.42. The summed E-state index contributed by atoms with van der Waals surface area (Å²) in [4.78, 5) is 0. The van der Waals surface area contributed by atoms with Crippen molar-refractivity contribution >= 4 is 0 Å². The van der Waals surface area contributed by atoms with E-state index in [0.717, 1.165) is 37.5 Å². The highest BCUT2D eigenvalue weighted by Gasteiger charge is 2.36. The van der Waals surface area contributed by atoms with Gasteiger partial charge in [0.25, 0.3) is 0 Å². The molecule has 68 valence electrons. The lowest BCUT2D eigenvalue weighted by atomic mass is 9.78. The van der Waals surface area contributed by atoms with Crippen molar-refractivity contribution in [3.8, 4) is 0 Å². The van der Waals surface area contributed by atoms with E-state index in [1.165, 1.54) is 6.42 Å². The molecule has 3 atom stereocenters. The van der Waals surface area contributed by atoms with E-state index in [1.807, 2.05) is 0 Å². The van der Waals surface area contributed by atoms with Crippen LogP contribution in [0.3, 0.4) is 0 Å². The zero-order valence-corrected chi connectivity index (χ0v) is 7.24. The third-order valence-electron chi connectivity index (χ3n) is 3.42. The number of aliphatic hydroxyl groups excluding tert-OH is 2. The summed E-state index contributed by atoms with van der Waals surface area (Å²) in [6.45, 7) is 0. The molecule has 2 bridgehead atoms. The quantitative estimate of drug-likeness (QED) is 0.543.